The number of hydrogen-bond donors (Lipinski definition) is 1. The monoisotopic (exact) mass is 307 g/mol. The number of aromatic nitrogens is 2. The van der Waals surface area contributed by atoms with Gasteiger partial charge in [-0.3, -0.25) is 4.68 Å². The van der Waals surface area contributed by atoms with Gasteiger partial charge in [-0.05, 0) is 50.2 Å². The maximum absolute atomic E-state index is 4.35. The van der Waals surface area contributed by atoms with Gasteiger partial charge in [0.15, 0.2) is 0 Å². The van der Waals surface area contributed by atoms with E-state index in [2.05, 4.69) is 64.5 Å². The summed E-state index contributed by atoms with van der Waals surface area (Å²) in [7, 11) is 1.98. The van der Waals surface area contributed by atoms with Gasteiger partial charge in [-0.25, -0.2) is 0 Å². The van der Waals surface area contributed by atoms with Gasteiger partial charge >= 0.3 is 0 Å². The van der Waals surface area contributed by atoms with Crippen LogP contribution in [0, 0.1) is 6.92 Å². The summed E-state index contributed by atoms with van der Waals surface area (Å²) in [5.41, 5.74) is 3.75. The second-order valence-corrected chi connectivity index (χ2v) is 5.21. The average Bonchev–Trinajstić information content (AvgIpc) is 2.83. The average molecular weight is 308 g/mol. The van der Waals surface area contributed by atoms with Gasteiger partial charge in [-0.15, -0.1) is 0 Å². The SMILES string of the molecule is CCn1nccc1C(NC)c1cc(Br)ccc1C. The number of rotatable bonds is 4. The Hall–Kier alpha value is -1.13. The van der Waals surface area contributed by atoms with Crippen LogP contribution in [-0.4, -0.2) is 16.8 Å². The predicted octanol–water partition coefficient (Wildman–Crippen LogP) is 3.28. The quantitative estimate of drug-likeness (QED) is 0.939. The van der Waals surface area contributed by atoms with Gasteiger partial charge < -0.3 is 5.32 Å². The van der Waals surface area contributed by atoms with Crippen molar-refractivity contribution in [1.82, 2.24) is 15.1 Å². The lowest BCUT2D eigenvalue weighted by Crippen LogP contribution is -2.22. The highest BCUT2D eigenvalue weighted by Crippen LogP contribution is 2.27. The molecule has 1 atom stereocenters. The van der Waals surface area contributed by atoms with Gasteiger partial charge in [-0.2, -0.15) is 5.10 Å². The first-order chi connectivity index (χ1) is 8.67. The third-order valence-electron chi connectivity index (χ3n) is 3.19. The van der Waals surface area contributed by atoms with E-state index in [-0.39, 0.29) is 6.04 Å². The second kappa shape index (κ2) is 5.67. The molecule has 96 valence electrons. The lowest BCUT2D eigenvalue weighted by molar-refractivity contribution is 0.562. The number of halogens is 1. The molecule has 2 rings (SSSR count). The molecular weight excluding hydrogens is 290 g/mol. The van der Waals surface area contributed by atoms with E-state index in [4.69, 9.17) is 0 Å². The van der Waals surface area contributed by atoms with E-state index in [0.29, 0.717) is 0 Å². The first kappa shape index (κ1) is 13.3. The summed E-state index contributed by atoms with van der Waals surface area (Å²) in [6, 6.07) is 8.62. The molecule has 0 saturated heterocycles. The largest absolute Gasteiger partial charge is 0.308 e. The van der Waals surface area contributed by atoms with Crippen molar-refractivity contribution in [3.63, 3.8) is 0 Å². The minimum atomic E-state index is 0.171. The van der Waals surface area contributed by atoms with E-state index < -0.39 is 0 Å². The van der Waals surface area contributed by atoms with Gasteiger partial charge in [0.25, 0.3) is 0 Å². The molecule has 1 aromatic heterocycles. The Morgan fingerprint density at radius 3 is 2.83 bits per heavy atom. The van der Waals surface area contributed by atoms with E-state index in [1.807, 2.05) is 17.9 Å². The molecule has 0 aliphatic carbocycles. The Balaban J connectivity index is 2.48. The molecule has 0 bridgehead atoms. The highest BCUT2D eigenvalue weighted by molar-refractivity contribution is 9.10. The zero-order valence-electron chi connectivity index (χ0n) is 10.9. The van der Waals surface area contributed by atoms with Crippen LogP contribution in [0.1, 0.15) is 29.8 Å². The van der Waals surface area contributed by atoms with Crippen LogP contribution in [0.3, 0.4) is 0 Å². The highest BCUT2D eigenvalue weighted by Gasteiger charge is 2.18. The van der Waals surface area contributed by atoms with Crippen LogP contribution in [-0.2, 0) is 6.54 Å². The molecule has 0 spiro atoms. The maximum atomic E-state index is 4.35. The molecule has 18 heavy (non-hydrogen) atoms. The van der Waals surface area contributed by atoms with Gasteiger partial charge in [0.2, 0.25) is 0 Å². The summed E-state index contributed by atoms with van der Waals surface area (Å²) in [5, 5.41) is 7.73. The van der Waals surface area contributed by atoms with Crippen LogP contribution in [0.15, 0.2) is 34.9 Å². The number of hydrogen-bond acceptors (Lipinski definition) is 2. The summed E-state index contributed by atoms with van der Waals surface area (Å²) in [6.07, 6.45) is 1.86. The van der Waals surface area contributed by atoms with E-state index in [0.717, 1.165) is 11.0 Å². The lowest BCUT2D eigenvalue weighted by atomic mass is 9.99. The van der Waals surface area contributed by atoms with Gasteiger partial charge in [0.1, 0.15) is 0 Å². The Labute approximate surface area is 116 Å². The van der Waals surface area contributed by atoms with Gasteiger partial charge in [0, 0.05) is 17.2 Å². The fourth-order valence-electron chi connectivity index (χ4n) is 2.24. The summed E-state index contributed by atoms with van der Waals surface area (Å²) in [5.74, 6) is 0. The normalized spacial score (nSPS) is 12.7. The van der Waals surface area contributed by atoms with Crippen LogP contribution in [0.5, 0.6) is 0 Å². The third-order valence-corrected chi connectivity index (χ3v) is 3.68. The van der Waals surface area contributed by atoms with Crippen molar-refractivity contribution in [3.8, 4) is 0 Å². The number of nitrogens with zero attached hydrogens (tertiary/aromatic N) is 2. The Kier molecular flexibility index (Phi) is 4.19. The van der Waals surface area contributed by atoms with Crippen LogP contribution in [0.25, 0.3) is 0 Å². The van der Waals surface area contributed by atoms with Crippen LogP contribution in [0.4, 0.5) is 0 Å². The molecule has 0 aliphatic rings. The molecule has 0 radical (unpaired) electrons. The lowest BCUT2D eigenvalue weighted by Gasteiger charge is -2.20. The maximum Gasteiger partial charge on any atom is 0.0748 e. The minimum Gasteiger partial charge on any atom is -0.308 e. The fourth-order valence-corrected chi connectivity index (χ4v) is 2.62. The van der Waals surface area contributed by atoms with Crippen molar-refractivity contribution < 1.29 is 0 Å². The van der Waals surface area contributed by atoms with Crippen molar-refractivity contribution in [2.75, 3.05) is 7.05 Å². The molecule has 0 aliphatic heterocycles. The van der Waals surface area contributed by atoms with E-state index in [1.54, 1.807) is 0 Å². The minimum absolute atomic E-state index is 0.171. The van der Waals surface area contributed by atoms with Crippen LogP contribution < -0.4 is 5.32 Å². The molecule has 1 heterocycles. The molecule has 0 fully saturated rings. The van der Waals surface area contributed by atoms with Gasteiger partial charge in [-0.1, -0.05) is 22.0 Å². The number of aryl methyl sites for hydroxylation is 2. The molecule has 0 saturated carbocycles. The van der Waals surface area contributed by atoms with Crippen molar-refractivity contribution in [3.05, 3.63) is 51.8 Å². The van der Waals surface area contributed by atoms with E-state index >= 15 is 0 Å². The van der Waals surface area contributed by atoms with Crippen molar-refractivity contribution in [1.29, 1.82) is 0 Å². The number of nitrogens with one attached hydrogen (secondary N) is 1. The fraction of sp³-hybridized carbons (Fsp3) is 0.357. The van der Waals surface area contributed by atoms with Crippen molar-refractivity contribution in [2.24, 2.45) is 0 Å². The van der Waals surface area contributed by atoms with E-state index in [1.165, 1.54) is 16.8 Å². The molecule has 0 amide bonds. The highest BCUT2D eigenvalue weighted by atomic mass is 79.9. The molecule has 4 heteroatoms. The molecule has 1 unspecified atom stereocenters. The first-order valence-electron chi connectivity index (χ1n) is 6.12. The topological polar surface area (TPSA) is 29.9 Å². The summed E-state index contributed by atoms with van der Waals surface area (Å²) in [6.45, 7) is 5.13. The predicted molar refractivity (Wildman–Crippen MR) is 77.7 cm³/mol. The molecular formula is C14H18BrN3. The van der Waals surface area contributed by atoms with E-state index in [9.17, 15) is 0 Å². The second-order valence-electron chi connectivity index (χ2n) is 4.29. The van der Waals surface area contributed by atoms with Crippen LogP contribution >= 0.6 is 15.9 Å². The zero-order valence-corrected chi connectivity index (χ0v) is 12.5. The number of benzene rings is 1. The molecule has 1 N–H and O–H groups in total. The summed E-state index contributed by atoms with van der Waals surface area (Å²) >= 11 is 3.54. The molecule has 3 nitrogen and oxygen atoms in total. The van der Waals surface area contributed by atoms with Crippen molar-refractivity contribution in [2.45, 2.75) is 26.4 Å². The Bertz CT molecular complexity index is 534. The third kappa shape index (κ3) is 2.49. The first-order valence-corrected chi connectivity index (χ1v) is 6.91. The van der Waals surface area contributed by atoms with Gasteiger partial charge in [0.05, 0.1) is 11.7 Å². The molecule has 2 aromatic rings. The Morgan fingerprint density at radius 1 is 1.39 bits per heavy atom. The van der Waals surface area contributed by atoms with Crippen LogP contribution in [0.2, 0.25) is 0 Å². The standard InChI is InChI=1S/C14H18BrN3/c1-4-18-13(7-8-17-18)14(16-3)12-9-11(15)6-5-10(12)2/h5-9,14,16H,4H2,1-3H3. The smallest absolute Gasteiger partial charge is 0.0748 e. The van der Waals surface area contributed by atoms with Crippen molar-refractivity contribution >= 4 is 15.9 Å². The molecule has 1 aromatic carbocycles. The Morgan fingerprint density at radius 2 is 2.17 bits per heavy atom. The summed E-state index contributed by atoms with van der Waals surface area (Å²) < 4.78 is 3.13. The zero-order chi connectivity index (χ0) is 13.1. The summed E-state index contributed by atoms with van der Waals surface area (Å²) in [4.78, 5) is 0.